The fraction of sp³-hybridized carbons (Fsp3) is 0.186. The predicted molar refractivity (Wildman–Crippen MR) is 266 cm³/mol. The van der Waals surface area contributed by atoms with Crippen LogP contribution >= 0.6 is 0 Å². The molecule has 0 unspecified atom stereocenters. The number of para-hydroxylation sites is 1. The van der Waals surface area contributed by atoms with Gasteiger partial charge in [0.2, 0.25) is 0 Å². The predicted octanol–water partition coefficient (Wildman–Crippen LogP) is 14.0. The van der Waals surface area contributed by atoms with E-state index in [0.29, 0.717) is 0 Å². The normalized spacial score (nSPS) is 15.6. The molecule has 0 amide bonds. The van der Waals surface area contributed by atoms with E-state index >= 15 is 0 Å². The van der Waals surface area contributed by atoms with Crippen LogP contribution in [0.15, 0.2) is 176 Å². The molecule has 0 fully saturated rings. The highest BCUT2D eigenvalue weighted by atomic mass is 15.2. The minimum absolute atomic E-state index is 0.133. The van der Waals surface area contributed by atoms with Crippen molar-refractivity contribution in [1.29, 1.82) is 0 Å². The van der Waals surface area contributed by atoms with Crippen LogP contribution in [-0.2, 0) is 16.2 Å². The fourth-order valence-electron chi connectivity index (χ4n) is 10.3. The van der Waals surface area contributed by atoms with Gasteiger partial charge >= 0.3 is 0 Å². The highest BCUT2D eigenvalue weighted by Crippen LogP contribution is 2.55. The number of anilines is 6. The van der Waals surface area contributed by atoms with E-state index in [1.54, 1.807) is 0 Å². The van der Waals surface area contributed by atoms with Crippen LogP contribution in [0.4, 0.5) is 34.1 Å². The summed E-state index contributed by atoms with van der Waals surface area (Å²) in [6.45, 7) is 17.9. The Morgan fingerprint density at radius 2 is 1.08 bits per heavy atom. The summed E-state index contributed by atoms with van der Waals surface area (Å²) in [7, 11) is 0. The highest BCUT2D eigenvalue weighted by Gasteiger charge is 2.46. The molecule has 0 N–H and O–H groups in total. The van der Waals surface area contributed by atoms with Crippen LogP contribution in [0.5, 0.6) is 0 Å². The molecular weight excluding hydrogens is 747 g/mol. The zero-order valence-electron chi connectivity index (χ0n) is 41.8. The zero-order chi connectivity index (χ0) is 47.1. The van der Waals surface area contributed by atoms with Gasteiger partial charge in [0.05, 0.1) is 12.5 Å². The number of nitrogens with zero attached hydrogens (tertiary/aromatic N) is 2. The Morgan fingerprint density at radius 1 is 0.452 bits per heavy atom. The summed E-state index contributed by atoms with van der Waals surface area (Å²) in [5, 5.41) is 0. The lowest BCUT2D eigenvalue weighted by Crippen LogP contribution is -2.61. The van der Waals surface area contributed by atoms with Crippen molar-refractivity contribution < 1.29 is 6.85 Å². The van der Waals surface area contributed by atoms with Crippen LogP contribution in [0.2, 0.25) is 0 Å². The molecule has 3 heteroatoms. The van der Waals surface area contributed by atoms with Crippen molar-refractivity contribution >= 4 is 57.2 Å². The molecule has 3 aliphatic rings. The first-order valence-electron chi connectivity index (χ1n) is 24.4. The molecular formula is C59H53BN2. The van der Waals surface area contributed by atoms with Gasteiger partial charge in [0.15, 0.2) is 0 Å². The van der Waals surface area contributed by atoms with E-state index in [1.165, 1.54) is 27.8 Å². The second kappa shape index (κ2) is 13.7. The van der Waals surface area contributed by atoms with Gasteiger partial charge < -0.3 is 9.80 Å². The molecule has 0 aromatic heterocycles. The van der Waals surface area contributed by atoms with E-state index in [0.717, 1.165) is 72.6 Å². The van der Waals surface area contributed by atoms with Crippen molar-refractivity contribution in [3.05, 3.63) is 198 Å². The van der Waals surface area contributed by atoms with Crippen LogP contribution in [0.3, 0.4) is 0 Å². The van der Waals surface area contributed by atoms with Crippen molar-refractivity contribution in [3.63, 3.8) is 0 Å². The lowest BCUT2D eigenvalue weighted by Gasteiger charge is -2.46. The summed E-state index contributed by atoms with van der Waals surface area (Å²) in [6, 6.07) is 51.2. The smallest absolute Gasteiger partial charge is 0.252 e. The van der Waals surface area contributed by atoms with E-state index in [1.807, 2.05) is 11.0 Å². The van der Waals surface area contributed by atoms with Gasteiger partial charge in [-0.05, 0) is 126 Å². The quantitative estimate of drug-likeness (QED) is 0.164. The maximum atomic E-state index is 9.51. The molecule has 1 aliphatic carbocycles. The van der Waals surface area contributed by atoms with Crippen LogP contribution in [0.25, 0.3) is 33.4 Å². The third kappa shape index (κ3) is 5.85. The van der Waals surface area contributed by atoms with Gasteiger partial charge in [-0.3, -0.25) is 0 Å². The molecule has 8 aromatic rings. The number of fused-ring (bicyclic) bond motifs is 7. The third-order valence-corrected chi connectivity index (χ3v) is 13.6. The lowest BCUT2D eigenvalue weighted by molar-refractivity contribution is 0.590. The molecule has 0 saturated heterocycles. The first kappa shape index (κ1) is 33.1. The van der Waals surface area contributed by atoms with Gasteiger partial charge in [-0.1, -0.05) is 183 Å². The van der Waals surface area contributed by atoms with Gasteiger partial charge in [-0.15, -0.1) is 0 Å². The molecule has 11 rings (SSSR count). The summed E-state index contributed by atoms with van der Waals surface area (Å²) >= 11 is 0. The van der Waals surface area contributed by atoms with Gasteiger partial charge in [0, 0.05) is 39.4 Å². The van der Waals surface area contributed by atoms with Crippen LogP contribution < -0.4 is 26.2 Å². The van der Waals surface area contributed by atoms with Crippen molar-refractivity contribution in [3.8, 4) is 33.4 Å². The Morgan fingerprint density at radius 3 is 1.77 bits per heavy atom. The number of hydrogen-bond acceptors (Lipinski definition) is 2. The van der Waals surface area contributed by atoms with Gasteiger partial charge in [0.1, 0.15) is 0 Å². The van der Waals surface area contributed by atoms with E-state index < -0.39 is 6.04 Å². The average Bonchev–Trinajstić information content (AvgIpc) is 3.54. The van der Waals surface area contributed by atoms with Crippen LogP contribution in [0.1, 0.15) is 84.5 Å². The maximum absolute atomic E-state index is 9.51. The van der Waals surface area contributed by atoms with Crippen LogP contribution in [-0.4, -0.2) is 6.71 Å². The molecule has 0 saturated carbocycles. The Hall–Kier alpha value is -6.58. The number of rotatable bonds is 4. The summed E-state index contributed by atoms with van der Waals surface area (Å²) in [6.07, 6.45) is 0. The largest absolute Gasteiger partial charge is 0.311 e. The SMILES string of the molecule is [2H]c1c([2H])c([2H])c(N2c3ccc(-c4ccccc4)cc3B3c4ccc(C(C)(C)C)cc4N(c4cc5c(cc4-c4ccccc4)-c4ccccc4C5(C)C)c4cc(C(C)(C)C)cc2c43)c([2H])c1[2H]. The van der Waals surface area contributed by atoms with Gasteiger partial charge in [-0.2, -0.15) is 0 Å². The fourth-order valence-corrected chi connectivity index (χ4v) is 10.3. The van der Waals surface area contributed by atoms with E-state index in [9.17, 15) is 2.74 Å². The molecule has 0 bridgehead atoms. The monoisotopic (exact) mass is 805 g/mol. The van der Waals surface area contributed by atoms with Crippen molar-refractivity contribution in [1.82, 2.24) is 0 Å². The van der Waals surface area contributed by atoms with Crippen molar-refractivity contribution in [2.24, 2.45) is 0 Å². The van der Waals surface area contributed by atoms with Crippen LogP contribution in [0, 0.1) is 0 Å². The Bertz CT molecular complexity index is 3340. The summed E-state index contributed by atoms with van der Waals surface area (Å²) in [5.74, 6) is 0. The topological polar surface area (TPSA) is 6.48 Å². The van der Waals surface area contributed by atoms with Crippen molar-refractivity contribution in [2.45, 2.75) is 71.6 Å². The number of hydrogen-bond donors (Lipinski definition) is 0. The molecule has 0 radical (unpaired) electrons. The zero-order valence-corrected chi connectivity index (χ0v) is 36.8. The lowest BCUT2D eigenvalue weighted by atomic mass is 9.33. The first-order chi connectivity index (χ1) is 31.9. The molecule has 302 valence electrons. The summed E-state index contributed by atoms with van der Waals surface area (Å²) in [5.41, 5.74) is 19.0. The Kier molecular flexibility index (Phi) is 7.32. The molecule has 2 nitrogen and oxygen atoms in total. The molecule has 2 heterocycles. The van der Waals surface area contributed by atoms with Gasteiger partial charge in [-0.25, -0.2) is 0 Å². The summed E-state index contributed by atoms with van der Waals surface area (Å²) < 4.78 is 45.6. The standard InChI is InChI=1S/C59H53BN2/c1-57(2,3)41-29-30-49-53(33-41)62(52-37-48-46(36-45(52)39-22-14-10-15-23-39)44-26-18-19-27-47(44)59(48,7)8)55-35-42(58(4,5)6)34-54-56(55)60(49)50-32-40(38-20-12-9-13-21-38)28-31-51(50)61(54)43-24-16-11-17-25-43/h9-37H,1-8H3/i11D,16D,17D,24D,25D. The average molecular weight is 806 g/mol. The van der Waals surface area contributed by atoms with Crippen molar-refractivity contribution in [2.75, 3.05) is 9.80 Å². The Labute approximate surface area is 375 Å². The Balaban J connectivity index is 1.32. The molecule has 0 spiro atoms. The van der Waals surface area contributed by atoms with E-state index in [2.05, 4.69) is 200 Å². The molecule has 8 aromatic carbocycles. The molecule has 62 heavy (non-hydrogen) atoms. The second-order valence-electron chi connectivity index (χ2n) is 19.9. The second-order valence-corrected chi connectivity index (χ2v) is 19.9. The highest BCUT2D eigenvalue weighted by molar-refractivity contribution is 7.00. The van der Waals surface area contributed by atoms with Gasteiger partial charge in [0.25, 0.3) is 6.71 Å². The molecule has 0 atom stereocenters. The first-order valence-corrected chi connectivity index (χ1v) is 21.9. The molecule has 2 aliphatic heterocycles. The maximum Gasteiger partial charge on any atom is 0.252 e. The van der Waals surface area contributed by atoms with E-state index in [-0.39, 0.29) is 52.8 Å². The summed E-state index contributed by atoms with van der Waals surface area (Å²) in [4.78, 5) is 4.48. The minimum Gasteiger partial charge on any atom is -0.311 e. The number of benzene rings is 8. The minimum atomic E-state index is -0.413. The van der Waals surface area contributed by atoms with E-state index in [4.69, 9.17) is 4.11 Å². The third-order valence-electron chi connectivity index (χ3n) is 13.6.